The number of pyridine rings is 1. The molecule has 3 N–H and O–H groups in total. The van der Waals surface area contributed by atoms with Gasteiger partial charge >= 0.3 is 0 Å². The van der Waals surface area contributed by atoms with Gasteiger partial charge < -0.3 is 25.3 Å². The summed E-state index contributed by atoms with van der Waals surface area (Å²) in [5.41, 5.74) is 11.8. The topological polar surface area (TPSA) is 135 Å². The number of nitrogens with one attached hydrogen (secondary N) is 1. The maximum absolute atomic E-state index is 15.0. The summed E-state index contributed by atoms with van der Waals surface area (Å²) in [6, 6.07) is 22.3. The lowest BCUT2D eigenvalue weighted by atomic mass is 9.95. The van der Waals surface area contributed by atoms with Gasteiger partial charge in [-0.05, 0) is 66.1 Å². The molecule has 12 nitrogen and oxygen atoms in total. The van der Waals surface area contributed by atoms with Crippen molar-refractivity contribution in [2.24, 2.45) is 5.92 Å². The highest BCUT2D eigenvalue weighted by Gasteiger charge is 2.30. The van der Waals surface area contributed by atoms with Gasteiger partial charge in [-0.2, -0.15) is 5.10 Å². The normalized spacial score (nSPS) is 17.2. The van der Waals surface area contributed by atoms with Crippen LogP contribution in [-0.4, -0.2) is 125 Å². The minimum Gasteiger partial charge on any atom is -0.396 e. The lowest BCUT2D eigenvalue weighted by Crippen LogP contribution is -2.55. The number of anilines is 2. The van der Waals surface area contributed by atoms with E-state index in [2.05, 4.69) is 62.2 Å². The Hall–Kier alpha value is -5.66. The van der Waals surface area contributed by atoms with Gasteiger partial charge in [-0.1, -0.05) is 55.5 Å². The maximum Gasteiger partial charge on any atom is 0.272 e. The predicted octanol–water partition coefficient (Wildman–Crippen LogP) is 4.68. The van der Waals surface area contributed by atoms with Gasteiger partial charge in [-0.3, -0.25) is 19.3 Å². The van der Waals surface area contributed by atoms with E-state index in [1.54, 1.807) is 29.2 Å². The number of aryl methyl sites for hydroxylation is 1. The van der Waals surface area contributed by atoms with Crippen LogP contribution in [0.15, 0.2) is 83.8 Å². The number of hydrogen-bond donors (Lipinski definition) is 2. The zero-order valence-electron chi connectivity index (χ0n) is 33.2. The Morgan fingerprint density at radius 1 is 0.793 bits per heavy atom. The zero-order chi connectivity index (χ0) is 40.2. The molecule has 0 aliphatic carbocycles. The van der Waals surface area contributed by atoms with E-state index < -0.39 is 11.7 Å². The van der Waals surface area contributed by atoms with E-state index in [0.717, 1.165) is 93.1 Å². The second-order valence-corrected chi connectivity index (χ2v) is 15.9. The molecule has 5 aromatic rings. The van der Waals surface area contributed by atoms with E-state index in [4.69, 9.17) is 10.7 Å². The zero-order valence-corrected chi connectivity index (χ0v) is 33.2. The number of aromatic amines is 1. The first-order valence-electron chi connectivity index (χ1n) is 20.6. The Kier molecular flexibility index (Phi) is 11.8. The number of carbonyl (C=O) groups is 2. The number of piperidine rings is 1. The Morgan fingerprint density at radius 3 is 2.26 bits per heavy atom. The highest BCUT2D eigenvalue weighted by molar-refractivity contribution is 5.95. The molecule has 3 fully saturated rings. The number of rotatable bonds is 10. The smallest absolute Gasteiger partial charge is 0.272 e. The van der Waals surface area contributed by atoms with Crippen LogP contribution in [0.3, 0.4) is 0 Å². The van der Waals surface area contributed by atoms with E-state index in [1.807, 2.05) is 23.2 Å². The lowest BCUT2D eigenvalue weighted by Gasteiger charge is -2.40. The monoisotopic (exact) mass is 785 g/mol. The molecule has 0 atom stereocenters. The molecular weight excluding hydrogens is 734 g/mol. The number of benzene rings is 3. The summed E-state index contributed by atoms with van der Waals surface area (Å²) >= 11 is 0. The third kappa shape index (κ3) is 8.75. The Labute approximate surface area is 338 Å². The van der Waals surface area contributed by atoms with Crippen LogP contribution in [0, 0.1) is 11.7 Å². The van der Waals surface area contributed by atoms with Gasteiger partial charge in [-0.25, -0.2) is 14.5 Å². The van der Waals surface area contributed by atoms with Crippen molar-refractivity contribution in [3.05, 3.63) is 118 Å². The molecule has 13 heteroatoms. The van der Waals surface area contributed by atoms with Crippen molar-refractivity contribution in [1.82, 2.24) is 34.8 Å². The van der Waals surface area contributed by atoms with Gasteiger partial charge in [-0.15, -0.1) is 0 Å². The Balaban J connectivity index is 0.763. The number of hydrogen-bond acceptors (Lipinski definition) is 9. The third-order valence-corrected chi connectivity index (χ3v) is 12.1. The molecule has 0 radical (unpaired) electrons. The van der Waals surface area contributed by atoms with Gasteiger partial charge in [0.05, 0.1) is 28.9 Å². The molecule has 2 amide bonds. The molecule has 302 valence electrons. The molecule has 58 heavy (non-hydrogen) atoms. The minimum atomic E-state index is -0.589. The second kappa shape index (κ2) is 17.5. The summed E-state index contributed by atoms with van der Waals surface area (Å²) in [5, 5.41) is 8.01. The largest absolute Gasteiger partial charge is 0.396 e. The van der Waals surface area contributed by atoms with E-state index in [9.17, 15) is 14.4 Å². The van der Waals surface area contributed by atoms with Crippen molar-refractivity contribution < 1.29 is 14.0 Å². The molecule has 0 bridgehead atoms. The summed E-state index contributed by atoms with van der Waals surface area (Å²) < 4.78 is 15.0. The molecule has 8 rings (SSSR count). The molecule has 0 unspecified atom stereocenters. The molecule has 3 aliphatic rings. The van der Waals surface area contributed by atoms with Crippen LogP contribution in [0.5, 0.6) is 0 Å². The van der Waals surface area contributed by atoms with Crippen molar-refractivity contribution >= 4 is 34.1 Å². The fourth-order valence-electron chi connectivity index (χ4n) is 8.66. The number of carbonyl (C=O) groups excluding carboxylic acids is 2. The average Bonchev–Trinajstić information content (AvgIpc) is 3.26. The van der Waals surface area contributed by atoms with E-state index >= 15 is 4.39 Å². The van der Waals surface area contributed by atoms with Crippen molar-refractivity contribution in [2.75, 3.05) is 89.2 Å². The van der Waals surface area contributed by atoms with Crippen molar-refractivity contribution in [2.45, 2.75) is 32.6 Å². The number of aromatic nitrogens is 3. The minimum absolute atomic E-state index is 0.00431. The Morgan fingerprint density at radius 2 is 1.52 bits per heavy atom. The first-order chi connectivity index (χ1) is 28.2. The van der Waals surface area contributed by atoms with Gasteiger partial charge in [0.2, 0.25) is 5.91 Å². The van der Waals surface area contributed by atoms with Crippen LogP contribution in [-0.2, 0) is 17.6 Å². The maximum atomic E-state index is 15.0. The predicted molar refractivity (Wildman–Crippen MR) is 225 cm³/mol. The number of nitrogens with zero attached hydrogens (tertiary/aromatic N) is 7. The highest BCUT2D eigenvalue weighted by atomic mass is 19.1. The van der Waals surface area contributed by atoms with Gasteiger partial charge in [0, 0.05) is 95.6 Å². The first-order valence-corrected chi connectivity index (χ1v) is 20.6. The molecule has 0 saturated carbocycles. The molecule has 3 saturated heterocycles. The molecular formula is C45H52FN9O3. The van der Waals surface area contributed by atoms with Gasteiger partial charge in [0.25, 0.3) is 11.5 Å². The fourth-order valence-corrected chi connectivity index (χ4v) is 8.66. The van der Waals surface area contributed by atoms with Crippen LogP contribution in [0.25, 0.3) is 21.9 Å². The molecule has 3 aliphatic heterocycles. The Bertz CT molecular complexity index is 2330. The van der Waals surface area contributed by atoms with Gasteiger partial charge in [0.15, 0.2) is 5.82 Å². The summed E-state index contributed by atoms with van der Waals surface area (Å²) in [6.45, 7) is 10.5. The average molecular weight is 786 g/mol. The van der Waals surface area contributed by atoms with Crippen molar-refractivity contribution in [1.29, 1.82) is 0 Å². The summed E-state index contributed by atoms with van der Waals surface area (Å²) in [4.78, 5) is 54.4. The fraction of sp³-hybridized carbons (Fsp3) is 0.400. The van der Waals surface area contributed by atoms with Gasteiger partial charge in [0.1, 0.15) is 5.82 Å². The molecule has 5 heterocycles. The van der Waals surface area contributed by atoms with Crippen molar-refractivity contribution in [3.63, 3.8) is 0 Å². The van der Waals surface area contributed by atoms with Crippen LogP contribution in [0.4, 0.5) is 15.9 Å². The van der Waals surface area contributed by atoms with E-state index in [1.165, 1.54) is 11.6 Å². The van der Waals surface area contributed by atoms with Crippen LogP contribution in [0.2, 0.25) is 0 Å². The number of fused-ring (bicyclic) bond motifs is 1. The number of nitrogen functional groups attached to an aromatic ring is 1. The van der Waals surface area contributed by atoms with E-state index in [-0.39, 0.29) is 17.0 Å². The number of amides is 2. The highest BCUT2D eigenvalue weighted by Crippen LogP contribution is 2.31. The van der Waals surface area contributed by atoms with Crippen LogP contribution in [0.1, 0.15) is 46.9 Å². The van der Waals surface area contributed by atoms with Crippen molar-refractivity contribution in [3.8, 4) is 11.1 Å². The lowest BCUT2D eigenvalue weighted by molar-refractivity contribution is -0.134. The summed E-state index contributed by atoms with van der Waals surface area (Å²) in [6.07, 6.45) is 5.46. The second-order valence-electron chi connectivity index (χ2n) is 15.9. The molecule has 2 aromatic heterocycles. The standard InChI is InChI=1S/C45H52FN9O3/c1-2-31-6-5-7-34(24-31)35-27-40(47)43(48-28-35)54-14-12-32(13-15-54)29-51-16-18-52(19-17-51)30-42(56)53-20-22-55(23-21-53)45(58)38-25-33(10-11-39(38)46)26-41-36-8-3-4-9-37(36)44(57)50-49-41/h3-11,24-25,27-28,32H,2,12-23,26,29-30,47H2,1H3,(H,50,57). The van der Waals surface area contributed by atoms with Crippen LogP contribution < -0.4 is 16.2 Å². The number of piperazine rings is 2. The first kappa shape index (κ1) is 39.2. The van der Waals surface area contributed by atoms with E-state index in [0.29, 0.717) is 61.7 Å². The summed E-state index contributed by atoms with van der Waals surface area (Å²) in [7, 11) is 0. The van der Waals surface area contributed by atoms with Crippen LogP contribution >= 0.6 is 0 Å². The third-order valence-electron chi connectivity index (χ3n) is 12.1. The quantitative estimate of drug-likeness (QED) is 0.207. The molecule has 0 spiro atoms. The summed E-state index contributed by atoms with van der Waals surface area (Å²) in [5.74, 6) is 0.582. The number of nitrogens with two attached hydrogens (primary N) is 1. The molecule has 3 aromatic carbocycles. The SMILES string of the molecule is CCc1cccc(-c2cnc(N3CCC(CN4CCN(CC(=O)N5CCN(C(=O)c6cc(Cc7n[nH]c(=O)c8ccccc78)ccc6F)CC5)CC4)CC3)c(N)c2)c1. The number of H-pyrrole nitrogens is 1. The number of halogens is 1.